The maximum Gasteiger partial charge on any atom is 0.0566 e. The predicted octanol–water partition coefficient (Wildman–Crippen LogP) is 13.6. The van der Waals surface area contributed by atoms with Gasteiger partial charge in [0.2, 0.25) is 0 Å². The summed E-state index contributed by atoms with van der Waals surface area (Å²) in [5.41, 5.74) is 23.1. The Morgan fingerprint density at radius 3 is 1.89 bits per heavy atom. The van der Waals surface area contributed by atoms with Crippen LogP contribution in [0.3, 0.4) is 0 Å². The Bertz CT molecular complexity index is 2730. The molecule has 0 saturated carbocycles. The molecular formula is C52H50N4. The fourth-order valence-electron chi connectivity index (χ4n) is 7.89. The molecule has 0 unspecified atom stereocenters. The highest BCUT2D eigenvalue weighted by Crippen LogP contribution is 2.51. The van der Waals surface area contributed by atoms with Crippen LogP contribution in [0.25, 0.3) is 60.3 Å². The Balaban J connectivity index is 0.000000237. The van der Waals surface area contributed by atoms with E-state index in [1.807, 2.05) is 44.3 Å². The average molecular weight is 731 g/mol. The van der Waals surface area contributed by atoms with Crippen LogP contribution >= 0.6 is 0 Å². The van der Waals surface area contributed by atoms with Crippen LogP contribution in [0.1, 0.15) is 44.4 Å². The van der Waals surface area contributed by atoms with Crippen molar-refractivity contribution in [2.24, 2.45) is 0 Å². The molecule has 8 aromatic rings. The first kappa shape index (κ1) is 37.7. The lowest BCUT2D eigenvalue weighted by Gasteiger charge is -2.22. The minimum absolute atomic E-state index is 0.0640. The second-order valence-electron chi connectivity index (χ2n) is 14.2. The second kappa shape index (κ2) is 16.8. The summed E-state index contributed by atoms with van der Waals surface area (Å²) in [6, 6.07) is 51.2. The van der Waals surface area contributed by atoms with Crippen molar-refractivity contribution in [1.29, 1.82) is 0 Å². The van der Waals surface area contributed by atoms with Crippen molar-refractivity contribution < 1.29 is 0 Å². The van der Waals surface area contributed by atoms with Crippen LogP contribution in [-0.4, -0.2) is 6.54 Å². The third kappa shape index (κ3) is 7.27. The number of nitrogen functional groups attached to an aromatic ring is 1. The van der Waals surface area contributed by atoms with Crippen molar-refractivity contribution in [1.82, 2.24) is 5.43 Å². The van der Waals surface area contributed by atoms with Gasteiger partial charge in [-0.2, -0.15) is 0 Å². The first-order valence-corrected chi connectivity index (χ1v) is 19.5. The SMILES string of the molecule is C=C/C=C\Nc1cccc2ccccc12.CC.CC1(C)c2ccccc2-c2cc3c(N)c4ccccc4c(/C=C\CNNc4cccc5ccccc45)c3cc21. The molecule has 0 atom stereocenters. The fourth-order valence-corrected chi connectivity index (χ4v) is 7.89. The lowest BCUT2D eigenvalue weighted by atomic mass is 9.81. The molecule has 56 heavy (non-hydrogen) atoms. The van der Waals surface area contributed by atoms with Crippen LogP contribution in [-0.2, 0) is 5.41 Å². The van der Waals surface area contributed by atoms with E-state index < -0.39 is 0 Å². The predicted molar refractivity (Wildman–Crippen MR) is 246 cm³/mol. The molecule has 0 aromatic heterocycles. The second-order valence-corrected chi connectivity index (χ2v) is 14.2. The highest BCUT2D eigenvalue weighted by Gasteiger charge is 2.35. The summed E-state index contributed by atoms with van der Waals surface area (Å²) >= 11 is 0. The molecule has 1 aliphatic carbocycles. The quantitative estimate of drug-likeness (QED) is 0.0413. The molecule has 4 heteroatoms. The number of nitrogens with one attached hydrogen (secondary N) is 3. The molecule has 8 aromatic carbocycles. The zero-order chi connectivity index (χ0) is 39.1. The monoisotopic (exact) mass is 730 g/mol. The molecule has 5 N–H and O–H groups in total. The van der Waals surface area contributed by atoms with Crippen LogP contribution in [0.15, 0.2) is 177 Å². The number of hydrazine groups is 1. The molecular weight excluding hydrogens is 681 g/mol. The van der Waals surface area contributed by atoms with E-state index in [2.05, 4.69) is 176 Å². The van der Waals surface area contributed by atoms with Gasteiger partial charge in [-0.05, 0) is 79.7 Å². The minimum atomic E-state index is -0.0640. The Morgan fingerprint density at radius 2 is 1.18 bits per heavy atom. The summed E-state index contributed by atoms with van der Waals surface area (Å²) in [5, 5.41) is 12.7. The van der Waals surface area contributed by atoms with Gasteiger partial charge in [0.15, 0.2) is 0 Å². The summed E-state index contributed by atoms with van der Waals surface area (Å²) in [7, 11) is 0. The van der Waals surface area contributed by atoms with Crippen molar-refractivity contribution in [3.8, 4) is 11.1 Å². The Labute approximate surface area is 331 Å². The molecule has 0 heterocycles. The van der Waals surface area contributed by atoms with E-state index in [-0.39, 0.29) is 5.41 Å². The molecule has 0 fully saturated rings. The molecule has 278 valence electrons. The van der Waals surface area contributed by atoms with Crippen LogP contribution in [0.4, 0.5) is 17.1 Å². The molecule has 0 aliphatic heterocycles. The summed E-state index contributed by atoms with van der Waals surface area (Å²) in [6.07, 6.45) is 9.93. The molecule has 0 radical (unpaired) electrons. The van der Waals surface area contributed by atoms with E-state index in [1.165, 1.54) is 60.1 Å². The summed E-state index contributed by atoms with van der Waals surface area (Å²) in [4.78, 5) is 0. The van der Waals surface area contributed by atoms with Gasteiger partial charge in [0.1, 0.15) is 0 Å². The molecule has 9 rings (SSSR count). The smallest absolute Gasteiger partial charge is 0.0566 e. The van der Waals surface area contributed by atoms with Crippen molar-refractivity contribution in [2.75, 3.05) is 23.0 Å². The van der Waals surface area contributed by atoms with E-state index in [9.17, 15) is 0 Å². The molecule has 0 amide bonds. The fraction of sp³-hybridized carbons (Fsp3) is 0.115. The Hall–Kier alpha value is -6.62. The maximum absolute atomic E-state index is 6.84. The highest BCUT2D eigenvalue weighted by molar-refractivity contribution is 6.17. The van der Waals surface area contributed by atoms with Gasteiger partial charge < -0.3 is 16.5 Å². The number of rotatable bonds is 8. The van der Waals surface area contributed by atoms with Crippen LogP contribution in [0.5, 0.6) is 0 Å². The minimum Gasteiger partial charge on any atom is -0.398 e. The number of hydrogen-bond donors (Lipinski definition) is 4. The third-order valence-corrected chi connectivity index (χ3v) is 10.6. The van der Waals surface area contributed by atoms with Crippen molar-refractivity contribution in [3.05, 3.63) is 193 Å². The lowest BCUT2D eigenvalue weighted by Crippen LogP contribution is -2.21. The maximum atomic E-state index is 6.84. The Morgan fingerprint density at radius 1 is 0.589 bits per heavy atom. The van der Waals surface area contributed by atoms with Crippen LogP contribution in [0, 0.1) is 0 Å². The summed E-state index contributed by atoms with van der Waals surface area (Å²) in [6.45, 7) is 13.0. The molecule has 0 saturated heterocycles. The number of allylic oxidation sites excluding steroid dienone is 2. The highest BCUT2D eigenvalue weighted by atomic mass is 15.3. The first-order chi connectivity index (χ1) is 27.5. The zero-order valence-electron chi connectivity index (χ0n) is 32.7. The van der Waals surface area contributed by atoms with Gasteiger partial charge in [0.25, 0.3) is 0 Å². The van der Waals surface area contributed by atoms with Gasteiger partial charge >= 0.3 is 0 Å². The van der Waals surface area contributed by atoms with Crippen molar-refractivity contribution in [2.45, 2.75) is 33.1 Å². The van der Waals surface area contributed by atoms with Gasteiger partial charge in [0.05, 0.1) is 5.69 Å². The molecule has 4 nitrogen and oxygen atoms in total. The standard InChI is InChI=1S/C36H31N3.C14H13N.C2H6/c1-36(2)32-18-8-7-15-27(32)30-21-31-29(22-33(30)36)26(25-14-5-6-16-28(25)35(31)37)17-10-20-38-39-34-19-9-12-23-11-3-4-13-24(23)34;1-2-3-11-15-14-10-6-8-12-7-4-5-9-13(12)14;1-2/h3-19,21-22,38-39H,20,37H2,1-2H3;2-11,15H,1H2;1-2H3/b17-10-;11-3-;. The number of hydrogen-bond acceptors (Lipinski definition) is 4. The average Bonchev–Trinajstić information content (AvgIpc) is 3.47. The zero-order valence-corrected chi connectivity index (χ0v) is 32.7. The Kier molecular flexibility index (Phi) is 11.3. The van der Waals surface area contributed by atoms with Gasteiger partial charge in [0, 0.05) is 51.1 Å². The van der Waals surface area contributed by atoms with E-state index in [0.29, 0.717) is 6.54 Å². The number of nitrogens with two attached hydrogens (primary N) is 1. The van der Waals surface area contributed by atoms with Crippen molar-refractivity contribution in [3.63, 3.8) is 0 Å². The lowest BCUT2D eigenvalue weighted by molar-refractivity contribution is 0.661. The summed E-state index contributed by atoms with van der Waals surface area (Å²) in [5.74, 6) is 0. The van der Waals surface area contributed by atoms with Gasteiger partial charge in [-0.1, -0.05) is 174 Å². The van der Waals surface area contributed by atoms with Gasteiger partial charge in [-0.3, -0.25) is 0 Å². The van der Waals surface area contributed by atoms with Gasteiger partial charge in [-0.25, -0.2) is 5.43 Å². The molecule has 0 bridgehead atoms. The largest absolute Gasteiger partial charge is 0.398 e. The number of anilines is 3. The molecule has 0 spiro atoms. The topological polar surface area (TPSA) is 62.1 Å². The first-order valence-electron chi connectivity index (χ1n) is 19.5. The van der Waals surface area contributed by atoms with Crippen molar-refractivity contribution >= 4 is 66.2 Å². The van der Waals surface area contributed by atoms with Crippen LogP contribution in [0.2, 0.25) is 0 Å². The molecule has 1 aliphatic rings. The van der Waals surface area contributed by atoms with E-state index >= 15 is 0 Å². The third-order valence-electron chi connectivity index (χ3n) is 10.6. The van der Waals surface area contributed by atoms with E-state index in [4.69, 9.17) is 5.73 Å². The van der Waals surface area contributed by atoms with Gasteiger partial charge in [-0.15, -0.1) is 0 Å². The van der Waals surface area contributed by atoms with E-state index in [1.54, 1.807) is 6.08 Å². The number of benzene rings is 8. The van der Waals surface area contributed by atoms with E-state index in [0.717, 1.165) is 27.8 Å². The normalized spacial score (nSPS) is 12.6. The summed E-state index contributed by atoms with van der Waals surface area (Å²) < 4.78 is 0. The number of fused-ring (bicyclic) bond motifs is 7. The van der Waals surface area contributed by atoms with Crippen LogP contribution < -0.4 is 21.9 Å².